The predicted octanol–water partition coefficient (Wildman–Crippen LogP) is 0.302. The third kappa shape index (κ3) is 3.30. The van der Waals surface area contributed by atoms with Crippen molar-refractivity contribution in [3.63, 3.8) is 0 Å². The van der Waals surface area contributed by atoms with Gasteiger partial charge in [-0.05, 0) is 18.6 Å². The molecule has 0 fully saturated rings. The number of nitrogens with one attached hydrogen (secondary N) is 1. The fraction of sp³-hybridized carbons (Fsp3) is 0.400. The van der Waals surface area contributed by atoms with E-state index in [1.807, 2.05) is 13.0 Å². The molecule has 3 N–H and O–H groups in total. The summed E-state index contributed by atoms with van der Waals surface area (Å²) < 4.78 is 4.91. The van der Waals surface area contributed by atoms with E-state index in [4.69, 9.17) is 10.5 Å². The zero-order chi connectivity index (χ0) is 11.3. The van der Waals surface area contributed by atoms with Crippen LogP contribution in [0.4, 0.5) is 5.69 Å². The third-order valence-electron chi connectivity index (χ3n) is 1.93. The Morgan fingerprint density at radius 2 is 2.40 bits per heavy atom. The Labute approximate surface area is 88.6 Å². The molecule has 1 unspecified atom stereocenters. The highest BCUT2D eigenvalue weighted by Crippen LogP contribution is 2.07. The second kappa shape index (κ2) is 5.43. The minimum Gasteiger partial charge on any atom is -0.370 e. The van der Waals surface area contributed by atoms with E-state index in [9.17, 15) is 4.79 Å². The van der Waals surface area contributed by atoms with Gasteiger partial charge in [-0.1, -0.05) is 0 Å². The van der Waals surface area contributed by atoms with Crippen LogP contribution in [0.25, 0.3) is 0 Å². The van der Waals surface area contributed by atoms with Gasteiger partial charge in [0.2, 0.25) is 0 Å². The van der Waals surface area contributed by atoms with Gasteiger partial charge in [0.1, 0.15) is 6.10 Å². The Kier molecular flexibility index (Phi) is 4.20. The number of amides is 1. The first-order chi connectivity index (χ1) is 7.17. The Bertz CT molecular complexity index is 337. The number of ether oxygens (including phenoxy) is 1. The van der Waals surface area contributed by atoms with E-state index < -0.39 is 6.10 Å². The molecule has 1 atom stereocenters. The van der Waals surface area contributed by atoms with Crippen LogP contribution in [0, 0.1) is 6.92 Å². The van der Waals surface area contributed by atoms with E-state index in [0.29, 0.717) is 5.69 Å². The van der Waals surface area contributed by atoms with Crippen LogP contribution in [0.3, 0.4) is 0 Å². The van der Waals surface area contributed by atoms with Gasteiger partial charge in [-0.25, -0.2) is 0 Å². The Balaban J connectivity index is 2.65. The van der Waals surface area contributed by atoms with Gasteiger partial charge in [-0.2, -0.15) is 0 Å². The van der Waals surface area contributed by atoms with Crippen molar-refractivity contribution in [1.82, 2.24) is 4.98 Å². The molecule has 0 aliphatic rings. The monoisotopic (exact) mass is 209 g/mol. The van der Waals surface area contributed by atoms with E-state index in [2.05, 4.69) is 10.3 Å². The van der Waals surface area contributed by atoms with Crippen molar-refractivity contribution in [3.8, 4) is 0 Å². The second-order valence-electron chi connectivity index (χ2n) is 3.20. The van der Waals surface area contributed by atoms with Crippen LogP contribution in [0.2, 0.25) is 0 Å². The number of methoxy groups -OCH3 is 1. The van der Waals surface area contributed by atoms with E-state index in [1.54, 1.807) is 12.4 Å². The highest BCUT2D eigenvalue weighted by Gasteiger charge is 2.15. The molecule has 5 heteroatoms. The van der Waals surface area contributed by atoms with Crippen LogP contribution < -0.4 is 11.1 Å². The molecule has 0 aliphatic heterocycles. The average Bonchev–Trinajstić information content (AvgIpc) is 2.19. The maximum absolute atomic E-state index is 11.5. The molecule has 0 radical (unpaired) electrons. The molecule has 1 rings (SSSR count). The third-order valence-corrected chi connectivity index (χ3v) is 1.93. The lowest BCUT2D eigenvalue weighted by Gasteiger charge is -2.12. The molecule has 0 saturated heterocycles. The fourth-order valence-corrected chi connectivity index (χ4v) is 1.16. The molecule has 0 aliphatic carbocycles. The zero-order valence-corrected chi connectivity index (χ0v) is 8.86. The van der Waals surface area contributed by atoms with Gasteiger partial charge in [0.25, 0.3) is 5.91 Å². The summed E-state index contributed by atoms with van der Waals surface area (Å²) >= 11 is 0. The van der Waals surface area contributed by atoms with Crippen molar-refractivity contribution >= 4 is 11.6 Å². The molecule has 0 bridgehead atoms. The van der Waals surface area contributed by atoms with Crippen LogP contribution in [-0.4, -0.2) is 30.6 Å². The first-order valence-corrected chi connectivity index (χ1v) is 4.62. The SMILES string of the molecule is COC(CN)C(=O)Nc1cncc(C)c1. The van der Waals surface area contributed by atoms with Crippen LogP contribution in [0.15, 0.2) is 18.5 Å². The van der Waals surface area contributed by atoms with Crippen LogP contribution in [0.5, 0.6) is 0 Å². The Morgan fingerprint density at radius 3 is 2.93 bits per heavy atom. The molecular formula is C10H15N3O2. The number of aromatic nitrogens is 1. The maximum atomic E-state index is 11.5. The summed E-state index contributed by atoms with van der Waals surface area (Å²) in [6.07, 6.45) is 2.67. The highest BCUT2D eigenvalue weighted by atomic mass is 16.5. The van der Waals surface area contributed by atoms with E-state index in [1.165, 1.54) is 7.11 Å². The van der Waals surface area contributed by atoms with Crippen molar-refractivity contribution in [1.29, 1.82) is 0 Å². The van der Waals surface area contributed by atoms with Crippen molar-refractivity contribution in [2.45, 2.75) is 13.0 Å². The van der Waals surface area contributed by atoms with E-state index in [-0.39, 0.29) is 12.5 Å². The molecular weight excluding hydrogens is 194 g/mol. The number of carbonyl (C=O) groups excluding carboxylic acids is 1. The highest BCUT2D eigenvalue weighted by molar-refractivity contribution is 5.94. The van der Waals surface area contributed by atoms with Gasteiger partial charge in [0.05, 0.1) is 11.9 Å². The summed E-state index contributed by atoms with van der Waals surface area (Å²) in [5.74, 6) is -0.257. The summed E-state index contributed by atoms with van der Waals surface area (Å²) in [5, 5.41) is 2.68. The van der Waals surface area contributed by atoms with Crippen molar-refractivity contribution < 1.29 is 9.53 Å². The van der Waals surface area contributed by atoms with E-state index >= 15 is 0 Å². The summed E-state index contributed by atoms with van der Waals surface area (Å²) in [6.45, 7) is 2.06. The van der Waals surface area contributed by atoms with Crippen LogP contribution in [0.1, 0.15) is 5.56 Å². The molecule has 1 aromatic heterocycles. The number of hydrogen-bond donors (Lipinski definition) is 2. The number of nitrogens with zero attached hydrogens (tertiary/aromatic N) is 1. The van der Waals surface area contributed by atoms with Crippen molar-refractivity contribution in [3.05, 3.63) is 24.0 Å². The lowest BCUT2D eigenvalue weighted by Crippen LogP contribution is -2.35. The first kappa shape index (κ1) is 11.6. The smallest absolute Gasteiger partial charge is 0.254 e. The topological polar surface area (TPSA) is 77.2 Å². The maximum Gasteiger partial charge on any atom is 0.254 e. The minimum absolute atomic E-state index is 0.154. The summed E-state index contributed by atoms with van der Waals surface area (Å²) in [6, 6.07) is 1.83. The predicted molar refractivity (Wildman–Crippen MR) is 57.5 cm³/mol. The molecule has 1 aromatic rings. The second-order valence-corrected chi connectivity index (χ2v) is 3.20. The van der Waals surface area contributed by atoms with Gasteiger partial charge in [-0.15, -0.1) is 0 Å². The summed E-state index contributed by atoms with van der Waals surface area (Å²) in [7, 11) is 1.45. The van der Waals surface area contributed by atoms with Gasteiger partial charge >= 0.3 is 0 Å². The molecule has 15 heavy (non-hydrogen) atoms. The van der Waals surface area contributed by atoms with Gasteiger partial charge in [-0.3, -0.25) is 9.78 Å². The largest absolute Gasteiger partial charge is 0.370 e. The summed E-state index contributed by atoms with van der Waals surface area (Å²) in [4.78, 5) is 15.5. The number of nitrogens with two attached hydrogens (primary N) is 1. The number of carbonyl (C=O) groups is 1. The lowest BCUT2D eigenvalue weighted by molar-refractivity contribution is -0.125. The average molecular weight is 209 g/mol. The minimum atomic E-state index is -0.620. The number of pyridine rings is 1. The molecule has 82 valence electrons. The molecule has 0 spiro atoms. The summed E-state index contributed by atoms with van der Waals surface area (Å²) in [5.41, 5.74) is 7.00. The Morgan fingerprint density at radius 1 is 1.67 bits per heavy atom. The zero-order valence-electron chi connectivity index (χ0n) is 8.86. The molecule has 0 saturated carbocycles. The van der Waals surface area contributed by atoms with Crippen molar-refractivity contribution in [2.75, 3.05) is 19.0 Å². The Hall–Kier alpha value is -1.46. The fourth-order valence-electron chi connectivity index (χ4n) is 1.16. The number of rotatable bonds is 4. The lowest BCUT2D eigenvalue weighted by atomic mass is 10.2. The van der Waals surface area contributed by atoms with Crippen LogP contribution in [-0.2, 0) is 9.53 Å². The van der Waals surface area contributed by atoms with Gasteiger partial charge < -0.3 is 15.8 Å². The quantitative estimate of drug-likeness (QED) is 0.747. The number of aryl methyl sites for hydroxylation is 1. The molecule has 1 heterocycles. The normalized spacial score (nSPS) is 12.2. The number of anilines is 1. The molecule has 0 aromatic carbocycles. The first-order valence-electron chi connectivity index (χ1n) is 4.62. The standard InChI is InChI=1S/C10H15N3O2/c1-7-3-8(6-12-5-7)13-10(14)9(4-11)15-2/h3,5-6,9H,4,11H2,1-2H3,(H,13,14). The molecule has 1 amide bonds. The van der Waals surface area contributed by atoms with E-state index in [0.717, 1.165) is 5.56 Å². The van der Waals surface area contributed by atoms with Gasteiger partial charge in [0, 0.05) is 19.9 Å². The number of hydrogen-bond acceptors (Lipinski definition) is 4. The van der Waals surface area contributed by atoms with Gasteiger partial charge in [0.15, 0.2) is 0 Å². The van der Waals surface area contributed by atoms with Crippen LogP contribution >= 0.6 is 0 Å². The molecule has 5 nitrogen and oxygen atoms in total. The van der Waals surface area contributed by atoms with Crippen molar-refractivity contribution in [2.24, 2.45) is 5.73 Å².